The molecule has 0 spiro atoms. The van der Waals surface area contributed by atoms with E-state index < -0.39 is 63.2 Å². The first kappa shape index (κ1) is 17.0. The number of amides is 2. The summed E-state index contributed by atoms with van der Waals surface area (Å²) in [5.74, 6) is 0.123. The van der Waals surface area contributed by atoms with Gasteiger partial charge in [0.15, 0.2) is 10.6 Å². The van der Waals surface area contributed by atoms with Gasteiger partial charge in [0.05, 0.1) is 31.8 Å². The summed E-state index contributed by atoms with van der Waals surface area (Å²) in [6.07, 6.45) is 1.87. The predicted octanol–water partition coefficient (Wildman–Crippen LogP) is 5.76. The molecule has 40 heavy (non-hydrogen) atoms. The Kier molecular flexibility index (Phi) is 4.61. The van der Waals surface area contributed by atoms with Crippen molar-refractivity contribution in [3.05, 3.63) is 60.4 Å². The molecule has 4 heterocycles. The fourth-order valence-electron chi connectivity index (χ4n) is 3.94. The van der Waals surface area contributed by atoms with Gasteiger partial charge in [0.2, 0.25) is 5.88 Å². The Hall–Kier alpha value is -4.00. The largest absolute Gasteiger partial charge is 0.492 e. The van der Waals surface area contributed by atoms with Gasteiger partial charge in [-0.05, 0) is 44.0 Å². The van der Waals surface area contributed by atoms with E-state index in [-0.39, 0.29) is 13.2 Å². The number of alkyl halides is 1. The van der Waals surface area contributed by atoms with E-state index in [2.05, 4.69) is 15.8 Å². The van der Waals surface area contributed by atoms with E-state index in [0.717, 1.165) is 20.7 Å². The van der Waals surface area contributed by atoms with Crippen molar-refractivity contribution in [1.82, 2.24) is 19.4 Å². The number of morpholine rings is 1. The topological polar surface area (TPSA) is 106 Å². The number of anilines is 2. The van der Waals surface area contributed by atoms with E-state index in [1.54, 1.807) is 30.3 Å². The molecule has 6 rings (SSSR count). The molecule has 0 aliphatic carbocycles. The summed E-state index contributed by atoms with van der Waals surface area (Å²) in [6, 6.07) is 12.1. The van der Waals surface area contributed by atoms with Gasteiger partial charge in [0.1, 0.15) is 18.1 Å². The lowest BCUT2D eigenvalue weighted by molar-refractivity contribution is 0.0322. The molecule has 4 unspecified atom stereocenters. The van der Waals surface area contributed by atoms with E-state index in [4.69, 9.17) is 32.7 Å². The van der Waals surface area contributed by atoms with Crippen LogP contribution < -0.4 is 15.4 Å². The summed E-state index contributed by atoms with van der Waals surface area (Å²) in [6.45, 7) is -11.4. The fourth-order valence-corrected chi connectivity index (χ4v) is 4.98. The summed E-state index contributed by atoms with van der Waals surface area (Å²) < 4.78 is 110. The lowest BCUT2D eigenvalue weighted by Crippen LogP contribution is -2.38. The van der Waals surface area contributed by atoms with Crippen LogP contribution in [-0.4, -0.2) is 64.8 Å². The minimum atomic E-state index is -3.81. The molecule has 4 atom stereocenters. The number of halogens is 1. The molecule has 0 saturated carbocycles. The number of imidazole rings is 1. The van der Waals surface area contributed by atoms with Gasteiger partial charge >= 0.3 is 6.03 Å². The molecule has 10 nitrogen and oxygen atoms in total. The average Bonchev–Trinajstić information content (AvgIpc) is 3.76. The molecule has 1 aliphatic heterocycles. The van der Waals surface area contributed by atoms with Crippen LogP contribution in [0, 0.1) is 0 Å². The third-order valence-electron chi connectivity index (χ3n) is 5.88. The monoisotopic (exact) mass is 574 g/mol. The molecular formula is C28H29FN6O4S. The highest BCUT2D eigenvalue weighted by molar-refractivity contribution is 7.23. The summed E-state index contributed by atoms with van der Waals surface area (Å²) in [7, 11) is 0. The highest BCUT2D eigenvalue weighted by atomic mass is 32.1. The molecule has 3 aromatic heterocycles. The minimum Gasteiger partial charge on any atom is -0.492 e. The van der Waals surface area contributed by atoms with Crippen LogP contribution in [0.1, 0.15) is 33.1 Å². The van der Waals surface area contributed by atoms with Crippen molar-refractivity contribution in [2.24, 2.45) is 0 Å². The number of aromatic nitrogens is 3. The zero-order valence-corrected chi connectivity index (χ0v) is 21.4. The quantitative estimate of drug-likeness (QED) is 0.243. The number of nitrogens with one attached hydrogen (secondary N) is 2. The van der Waals surface area contributed by atoms with Crippen molar-refractivity contribution in [3.8, 4) is 17.0 Å². The lowest BCUT2D eigenvalue weighted by atomic mass is 10.1. The average molecular weight is 575 g/mol. The van der Waals surface area contributed by atoms with Crippen LogP contribution in [0.3, 0.4) is 0 Å². The van der Waals surface area contributed by atoms with Crippen LogP contribution in [0.5, 0.6) is 5.75 Å². The maximum atomic E-state index is 15.3. The second-order valence-corrected chi connectivity index (χ2v) is 9.70. The Morgan fingerprint density at radius 2 is 2.02 bits per heavy atom. The third-order valence-corrected chi connectivity index (χ3v) is 6.90. The van der Waals surface area contributed by atoms with Crippen LogP contribution in [-0.2, 0) is 10.4 Å². The third kappa shape index (κ3) is 5.79. The van der Waals surface area contributed by atoms with Crippen molar-refractivity contribution < 1.29 is 36.9 Å². The number of hydrogen-bond acceptors (Lipinski definition) is 8. The van der Waals surface area contributed by atoms with E-state index in [1.165, 1.54) is 16.2 Å². The molecule has 1 saturated heterocycles. The number of hydrogen-bond donors (Lipinski definition) is 2. The number of fused-ring (bicyclic) bond motifs is 3. The number of carbonyl (C=O) groups is 1. The Morgan fingerprint density at radius 3 is 2.83 bits per heavy atom. The van der Waals surface area contributed by atoms with Crippen LogP contribution in [0.15, 0.2) is 59.3 Å². The highest BCUT2D eigenvalue weighted by Gasteiger charge is 2.24. The van der Waals surface area contributed by atoms with Gasteiger partial charge in [-0.1, -0.05) is 28.6 Å². The van der Waals surface area contributed by atoms with Crippen LogP contribution in [0.25, 0.3) is 26.4 Å². The summed E-state index contributed by atoms with van der Waals surface area (Å²) in [5.41, 5.74) is -2.14. The van der Waals surface area contributed by atoms with Gasteiger partial charge in [-0.25, -0.2) is 14.2 Å². The number of nitrogens with zero attached hydrogens (tertiary/aromatic N) is 4. The first-order valence-electron chi connectivity index (χ1n) is 17.3. The van der Waals surface area contributed by atoms with Crippen molar-refractivity contribution in [1.29, 1.82) is 0 Å². The summed E-state index contributed by atoms with van der Waals surface area (Å²) in [4.78, 5) is 19.4. The predicted molar refractivity (Wildman–Crippen MR) is 152 cm³/mol. The summed E-state index contributed by atoms with van der Waals surface area (Å²) >= 11 is 1.44. The molecule has 1 aliphatic rings. The van der Waals surface area contributed by atoms with Crippen molar-refractivity contribution in [2.45, 2.75) is 19.4 Å². The molecule has 2 aromatic carbocycles. The van der Waals surface area contributed by atoms with Crippen LogP contribution in [0.4, 0.5) is 20.8 Å². The molecule has 0 radical (unpaired) electrons. The minimum absolute atomic E-state index is 0.162. The van der Waals surface area contributed by atoms with Gasteiger partial charge in [-0.15, -0.1) is 0 Å². The summed E-state index contributed by atoms with van der Waals surface area (Å²) in [5, 5.41) is 8.01. The Morgan fingerprint density at radius 1 is 1.20 bits per heavy atom. The second-order valence-electron chi connectivity index (χ2n) is 8.69. The van der Waals surface area contributed by atoms with E-state index in [0.29, 0.717) is 23.2 Å². The van der Waals surface area contributed by atoms with E-state index >= 15 is 4.39 Å². The van der Waals surface area contributed by atoms with Gasteiger partial charge < -0.3 is 19.3 Å². The van der Waals surface area contributed by atoms with Gasteiger partial charge in [-0.2, -0.15) is 0 Å². The number of ether oxygens (including phenoxy) is 2. The Balaban J connectivity index is 1.07. The Labute approximate surface area is 247 Å². The molecule has 5 aromatic rings. The van der Waals surface area contributed by atoms with E-state index in [9.17, 15) is 4.79 Å². The second kappa shape index (κ2) is 10.9. The standard InChI is InChI=1S/C28H29FN6O4S/c1-28(2,29)24-16-25(39-33-24)32-26(36)30-19-5-3-18(4-6-19)21-17-35-22-8-7-20(15-23(22)40-27(35)31-21)38-14-11-34-9-12-37-13-10-34/h3-8,15-17H,9-14H2,1-2H3,(H2,30,32,36)/i1D3,2D3,9D,10D,12D,13D. The maximum absolute atomic E-state index is 15.3. The molecule has 12 heteroatoms. The molecule has 2 amide bonds. The number of rotatable bonds is 8. The van der Waals surface area contributed by atoms with Crippen molar-refractivity contribution >= 4 is 44.1 Å². The molecule has 2 N–H and O–H groups in total. The SMILES string of the molecule is [2H]C1OC([2H])C([2H])N(CCOc2ccc3c(c2)sc2nc(-c4ccc(NC(=O)Nc5cc(C(F)(C([2H])([2H])[2H])C([2H])([2H])[2H])no5)cc4)cn23)C1[2H]. The zero-order valence-electron chi connectivity index (χ0n) is 30.6. The number of benzene rings is 2. The normalized spacial score (nSPS) is 26.2. The maximum Gasteiger partial charge on any atom is 0.326 e. The Bertz CT molecular complexity index is 1970. The lowest BCUT2D eigenvalue weighted by Gasteiger charge is -2.26. The van der Waals surface area contributed by atoms with E-state index in [1.807, 2.05) is 22.7 Å². The fraction of sp³-hybridized carbons (Fsp3) is 0.321. The van der Waals surface area contributed by atoms with Crippen LogP contribution >= 0.6 is 11.3 Å². The molecule has 0 bridgehead atoms. The van der Waals surface area contributed by atoms with Crippen molar-refractivity contribution in [3.63, 3.8) is 0 Å². The first-order chi connectivity index (χ1) is 23.5. The van der Waals surface area contributed by atoms with Crippen molar-refractivity contribution in [2.75, 3.05) is 50.0 Å². The highest BCUT2D eigenvalue weighted by Crippen LogP contribution is 2.32. The van der Waals surface area contributed by atoms with Crippen LogP contribution in [0.2, 0.25) is 0 Å². The molecule has 1 fully saturated rings. The van der Waals surface area contributed by atoms with Gasteiger partial charge in [0, 0.05) is 54.1 Å². The number of thiazole rings is 1. The molecule has 208 valence electrons. The number of urea groups is 1. The zero-order chi connectivity index (χ0) is 36.2. The smallest absolute Gasteiger partial charge is 0.326 e. The van der Waals surface area contributed by atoms with Gasteiger partial charge in [-0.3, -0.25) is 14.6 Å². The number of carbonyl (C=O) groups excluding carboxylic acids is 1. The molecular weight excluding hydrogens is 535 g/mol. The first-order valence-corrected chi connectivity index (χ1v) is 12.8. The van der Waals surface area contributed by atoms with Gasteiger partial charge in [0.25, 0.3) is 0 Å².